The Labute approximate surface area is 83.7 Å². The Morgan fingerprint density at radius 2 is 1.15 bits per heavy atom. The van der Waals surface area contributed by atoms with E-state index >= 15 is 0 Å². The van der Waals surface area contributed by atoms with Crippen molar-refractivity contribution in [2.45, 2.75) is 22.1 Å². The van der Waals surface area contributed by atoms with Gasteiger partial charge in [0.15, 0.2) is 5.38 Å². The molecule has 0 nitrogen and oxygen atoms in total. The minimum Gasteiger partial charge on any atom is -0.169 e. The van der Waals surface area contributed by atoms with Crippen molar-refractivity contribution in [2.24, 2.45) is 0 Å². The molecule has 1 unspecified atom stereocenters. The van der Waals surface area contributed by atoms with Gasteiger partial charge in [-0.25, -0.2) is 0 Å². The molecule has 0 aromatic carbocycles. The lowest BCUT2D eigenvalue weighted by Crippen LogP contribution is -2.49. The fourth-order valence-electron chi connectivity index (χ4n) is 0.349. The third kappa shape index (κ3) is 2.95. The molecular weight excluding hydrogens is 268 g/mol. The minimum absolute atomic E-state index is 3.40. The molecule has 0 rings (SSSR count). The van der Waals surface area contributed by atoms with E-state index in [2.05, 4.69) is 34.8 Å². The van der Waals surface area contributed by atoms with Crippen molar-refractivity contribution in [3.63, 3.8) is 0 Å². The van der Waals surface area contributed by atoms with E-state index in [-0.39, 0.29) is 0 Å². The van der Waals surface area contributed by atoms with Crippen molar-refractivity contribution in [3.8, 4) is 0 Å². The van der Waals surface area contributed by atoms with Crippen molar-refractivity contribution >= 4 is 34.8 Å². The first-order chi connectivity index (χ1) is 5.40. The van der Waals surface area contributed by atoms with Gasteiger partial charge in [0.05, 0.1) is 0 Å². The molecule has 0 saturated carbocycles. The summed E-state index contributed by atoms with van der Waals surface area (Å²) in [4.78, 5) is 0. The number of halogens is 9. The second-order valence-electron chi connectivity index (χ2n) is 2.02. The highest BCUT2D eigenvalue weighted by Crippen LogP contribution is 2.49. The smallest absolute Gasteiger partial charge is 0.169 e. The zero-order valence-corrected chi connectivity index (χ0v) is 7.75. The number of hydrogen-bond acceptors (Lipinski definition) is 0. The van der Waals surface area contributed by atoms with Gasteiger partial charge in [-0.2, -0.15) is 26.3 Å². The Bertz CT molecular complexity index is 181. The summed E-state index contributed by atoms with van der Waals surface area (Å²) in [6.07, 6.45) is -10.8. The Hall–Kier alpha value is 0.450. The van der Waals surface area contributed by atoms with Gasteiger partial charge >= 0.3 is 12.4 Å². The van der Waals surface area contributed by atoms with E-state index in [1.54, 1.807) is 0 Å². The molecule has 0 amide bonds. The van der Waals surface area contributed by atoms with Gasteiger partial charge in [-0.05, 0) is 0 Å². The van der Waals surface area contributed by atoms with Gasteiger partial charge in [-0.1, -0.05) is 23.2 Å². The van der Waals surface area contributed by atoms with Crippen LogP contribution in [0.4, 0.5) is 26.3 Å². The standard InChI is InChI=1S/C4HCl3F6/c5-1(3(8,9)10)2(6,7)4(11,12)13/h1H. The molecule has 0 bridgehead atoms. The summed E-state index contributed by atoms with van der Waals surface area (Å²) in [7, 11) is 0. The average molecular weight is 269 g/mol. The van der Waals surface area contributed by atoms with Crippen molar-refractivity contribution in [2.75, 3.05) is 0 Å². The first kappa shape index (κ1) is 13.4. The van der Waals surface area contributed by atoms with E-state index < -0.39 is 22.1 Å². The fourth-order valence-corrected chi connectivity index (χ4v) is 0.720. The van der Waals surface area contributed by atoms with Crippen LogP contribution >= 0.6 is 34.8 Å². The molecule has 0 fully saturated rings. The molecule has 0 N–H and O–H groups in total. The van der Waals surface area contributed by atoms with Crippen molar-refractivity contribution in [1.29, 1.82) is 0 Å². The van der Waals surface area contributed by atoms with Crippen LogP contribution in [-0.4, -0.2) is 22.1 Å². The monoisotopic (exact) mass is 268 g/mol. The summed E-state index contributed by atoms with van der Waals surface area (Å²) in [5.41, 5.74) is 0. The van der Waals surface area contributed by atoms with E-state index in [0.717, 1.165) is 0 Å². The van der Waals surface area contributed by atoms with Gasteiger partial charge in [0.1, 0.15) is 0 Å². The molecule has 0 aliphatic rings. The predicted molar refractivity (Wildman–Crippen MR) is 36.2 cm³/mol. The second-order valence-corrected chi connectivity index (χ2v) is 3.85. The molecular formula is C4HCl3F6. The quantitative estimate of drug-likeness (QED) is 0.500. The van der Waals surface area contributed by atoms with Gasteiger partial charge in [0.2, 0.25) is 4.33 Å². The first-order valence-electron chi connectivity index (χ1n) is 2.56. The number of hydrogen-bond donors (Lipinski definition) is 0. The summed E-state index contributed by atoms with van der Waals surface area (Å²) >= 11 is 13.3. The van der Waals surface area contributed by atoms with Crippen LogP contribution in [0.1, 0.15) is 0 Å². The van der Waals surface area contributed by atoms with Crippen LogP contribution < -0.4 is 0 Å². The lowest BCUT2D eigenvalue weighted by molar-refractivity contribution is -0.186. The van der Waals surface area contributed by atoms with Crippen molar-refractivity contribution in [3.05, 3.63) is 0 Å². The fraction of sp³-hybridized carbons (Fsp3) is 1.00. The van der Waals surface area contributed by atoms with Gasteiger partial charge in [0, 0.05) is 0 Å². The van der Waals surface area contributed by atoms with E-state index in [4.69, 9.17) is 0 Å². The van der Waals surface area contributed by atoms with Gasteiger partial charge in [0.25, 0.3) is 0 Å². The van der Waals surface area contributed by atoms with Crippen LogP contribution in [-0.2, 0) is 0 Å². The molecule has 1 atom stereocenters. The summed E-state index contributed by atoms with van der Waals surface area (Å²) in [6, 6.07) is 0. The lowest BCUT2D eigenvalue weighted by Gasteiger charge is -2.28. The van der Waals surface area contributed by atoms with Crippen LogP contribution in [0.3, 0.4) is 0 Å². The Kier molecular flexibility index (Phi) is 3.67. The topological polar surface area (TPSA) is 0 Å². The van der Waals surface area contributed by atoms with Gasteiger partial charge < -0.3 is 0 Å². The third-order valence-electron chi connectivity index (χ3n) is 0.984. The summed E-state index contributed by atoms with van der Waals surface area (Å²) in [5.74, 6) is 0. The van der Waals surface area contributed by atoms with Crippen LogP contribution in [0.2, 0.25) is 0 Å². The Balaban J connectivity index is 4.86. The third-order valence-corrected chi connectivity index (χ3v) is 2.65. The maximum Gasteiger partial charge on any atom is 0.423 e. The molecule has 0 aromatic heterocycles. The van der Waals surface area contributed by atoms with Gasteiger partial charge in [-0.15, -0.1) is 11.6 Å². The maximum atomic E-state index is 11.8. The largest absolute Gasteiger partial charge is 0.423 e. The maximum absolute atomic E-state index is 11.8. The predicted octanol–water partition coefficient (Wildman–Crippen LogP) is 3.89. The zero-order chi connectivity index (χ0) is 11.1. The second kappa shape index (κ2) is 3.55. The first-order valence-corrected chi connectivity index (χ1v) is 3.75. The normalized spacial score (nSPS) is 17.3. The molecule has 0 heterocycles. The zero-order valence-electron chi connectivity index (χ0n) is 5.48. The Morgan fingerprint density at radius 3 is 1.23 bits per heavy atom. The Morgan fingerprint density at radius 1 is 0.846 bits per heavy atom. The molecule has 0 aliphatic heterocycles. The van der Waals surface area contributed by atoms with E-state index in [0.29, 0.717) is 0 Å². The van der Waals surface area contributed by atoms with Crippen LogP contribution in [0.15, 0.2) is 0 Å². The molecule has 13 heavy (non-hydrogen) atoms. The molecule has 80 valence electrons. The number of alkyl halides is 9. The molecule has 9 heteroatoms. The molecule has 0 spiro atoms. The molecule has 0 aliphatic carbocycles. The molecule has 0 radical (unpaired) electrons. The summed E-state index contributed by atoms with van der Waals surface area (Å²) < 4.78 is 66.3. The minimum atomic E-state index is -5.45. The van der Waals surface area contributed by atoms with E-state index in [9.17, 15) is 26.3 Å². The van der Waals surface area contributed by atoms with E-state index in [1.165, 1.54) is 0 Å². The summed E-state index contributed by atoms with van der Waals surface area (Å²) in [5, 5.41) is -3.40. The van der Waals surface area contributed by atoms with E-state index in [1.807, 2.05) is 0 Å². The van der Waals surface area contributed by atoms with Crippen LogP contribution in [0.25, 0.3) is 0 Å². The SMILES string of the molecule is FC(F)(F)C(Cl)C(Cl)(Cl)C(F)(F)F. The molecule has 0 saturated heterocycles. The highest BCUT2D eigenvalue weighted by atomic mass is 35.5. The van der Waals surface area contributed by atoms with Crippen LogP contribution in [0.5, 0.6) is 0 Å². The summed E-state index contributed by atoms with van der Waals surface area (Å²) in [6.45, 7) is 0. The lowest BCUT2D eigenvalue weighted by atomic mass is 10.2. The van der Waals surface area contributed by atoms with Crippen molar-refractivity contribution < 1.29 is 26.3 Å². The van der Waals surface area contributed by atoms with Gasteiger partial charge in [-0.3, -0.25) is 0 Å². The highest BCUT2D eigenvalue weighted by Gasteiger charge is 2.65. The number of rotatable bonds is 1. The highest BCUT2D eigenvalue weighted by molar-refractivity contribution is 6.53. The van der Waals surface area contributed by atoms with Crippen molar-refractivity contribution in [1.82, 2.24) is 0 Å². The average Bonchev–Trinajstić information content (AvgIpc) is 1.81. The molecule has 0 aromatic rings. The van der Waals surface area contributed by atoms with Crippen LogP contribution in [0, 0.1) is 0 Å².